The molecule has 24 heavy (non-hydrogen) atoms. The molecular formula is C14H3F9O. The molecular weight excluding hydrogens is 355 g/mol. The first kappa shape index (κ1) is 16.6. The van der Waals surface area contributed by atoms with Gasteiger partial charge in [-0.05, 0) is 0 Å². The molecule has 0 spiro atoms. The maximum absolute atomic E-state index is 14.3. The highest BCUT2D eigenvalue weighted by Crippen LogP contribution is 2.48. The van der Waals surface area contributed by atoms with E-state index in [0.29, 0.717) is 0 Å². The number of rotatable bonds is 0. The fourth-order valence-electron chi connectivity index (χ4n) is 2.65. The van der Waals surface area contributed by atoms with Crippen molar-refractivity contribution in [2.24, 2.45) is 0 Å². The van der Waals surface area contributed by atoms with Crippen LogP contribution in [0.4, 0.5) is 39.5 Å². The second-order valence-electron chi connectivity index (χ2n) is 4.93. The van der Waals surface area contributed by atoms with Crippen molar-refractivity contribution in [1.82, 2.24) is 0 Å². The van der Waals surface area contributed by atoms with Gasteiger partial charge in [0.1, 0.15) is 6.10 Å². The van der Waals surface area contributed by atoms with Gasteiger partial charge < -0.3 is 5.11 Å². The van der Waals surface area contributed by atoms with E-state index in [1.165, 1.54) is 0 Å². The minimum absolute atomic E-state index is 1.57. The van der Waals surface area contributed by atoms with Gasteiger partial charge in [0.15, 0.2) is 52.7 Å². The third-order valence-electron chi connectivity index (χ3n) is 3.74. The normalized spacial score (nSPS) is 19.2. The van der Waals surface area contributed by atoms with E-state index >= 15 is 0 Å². The number of halogens is 9. The molecule has 0 radical (unpaired) electrons. The maximum atomic E-state index is 14.3. The Morgan fingerprint density at radius 1 is 0.458 bits per heavy atom. The molecule has 0 aromatic heterocycles. The summed E-state index contributed by atoms with van der Waals surface area (Å²) >= 11 is 0. The summed E-state index contributed by atoms with van der Waals surface area (Å²) in [4.78, 5) is 0. The van der Waals surface area contributed by atoms with Crippen LogP contribution in [0.15, 0.2) is 0 Å². The molecule has 3 rings (SSSR count). The molecule has 0 bridgehead atoms. The summed E-state index contributed by atoms with van der Waals surface area (Å²) in [6.07, 6.45) is -6.01. The highest BCUT2D eigenvalue weighted by atomic mass is 19.2. The Kier molecular flexibility index (Phi) is 3.55. The summed E-state index contributed by atoms with van der Waals surface area (Å²) in [5.74, 6) is -19.0. The molecule has 0 fully saturated rings. The van der Waals surface area contributed by atoms with Crippen LogP contribution in [0, 0.1) is 46.5 Å². The third kappa shape index (κ3) is 1.83. The fraction of sp³-hybridized carbons (Fsp3) is 0.143. The standard InChI is InChI=1S/C14H3F9O/c15-5-1-3(8(18)12(22)10(20)6(1)16)14(24)4-2(5)7(17)11(21)13(23)9(4)19/h5,14,24H. The van der Waals surface area contributed by atoms with E-state index in [1.807, 2.05) is 0 Å². The highest BCUT2D eigenvalue weighted by Gasteiger charge is 2.44. The summed E-state index contributed by atoms with van der Waals surface area (Å²) in [6.45, 7) is 0. The Morgan fingerprint density at radius 2 is 0.708 bits per heavy atom. The number of hydrogen-bond donors (Lipinski definition) is 1. The van der Waals surface area contributed by atoms with E-state index in [-0.39, 0.29) is 0 Å². The lowest BCUT2D eigenvalue weighted by Gasteiger charge is -2.29. The van der Waals surface area contributed by atoms with Crippen molar-refractivity contribution in [2.75, 3.05) is 0 Å². The number of aliphatic hydroxyl groups excluding tert-OH is 1. The summed E-state index contributed by atoms with van der Waals surface area (Å²) in [5, 5.41) is 9.81. The van der Waals surface area contributed by atoms with Gasteiger partial charge in [-0.3, -0.25) is 0 Å². The average molecular weight is 358 g/mol. The second kappa shape index (κ2) is 5.13. The van der Waals surface area contributed by atoms with E-state index < -0.39 is 81.1 Å². The van der Waals surface area contributed by atoms with Gasteiger partial charge in [0.05, 0.1) is 0 Å². The Bertz CT molecular complexity index is 750. The molecule has 1 aliphatic rings. The number of aliphatic hydroxyl groups is 1. The van der Waals surface area contributed by atoms with Gasteiger partial charge in [-0.1, -0.05) is 0 Å². The van der Waals surface area contributed by atoms with Crippen molar-refractivity contribution < 1.29 is 44.6 Å². The summed E-state index contributed by atoms with van der Waals surface area (Å²) in [5.41, 5.74) is -6.49. The van der Waals surface area contributed by atoms with Gasteiger partial charge in [-0.15, -0.1) is 0 Å². The van der Waals surface area contributed by atoms with Crippen LogP contribution < -0.4 is 0 Å². The lowest BCUT2D eigenvalue weighted by atomic mass is 9.81. The van der Waals surface area contributed by atoms with Crippen LogP contribution in [0.3, 0.4) is 0 Å². The maximum Gasteiger partial charge on any atom is 0.197 e. The van der Waals surface area contributed by atoms with Crippen molar-refractivity contribution in [3.05, 3.63) is 68.8 Å². The summed E-state index contributed by atoms with van der Waals surface area (Å²) in [6, 6.07) is 0. The van der Waals surface area contributed by atoms with E-state index in [2.05, 4.69) is 0 Å². The molecule has 1 nitrogen and oxygen atoms in total. The quantitative estimate of drug-likeness (QED) is 0.424. The third-order valence-corrected chi connectivity index (χ3v) is 3.74. The second-order valence-corrected chi connectivity index (χ2v) is 4.93. The zero-order valence-electron chi connectivity index (χ0n) is 11.0. The topological polar surface area (TPSA) is 20.2 Å². The number of fused-ring (bicyclic) bond motifs is 2. The smallest absolute Gasteiger partial charge is 0.197 e. The largest absolute Gasteiger partial charge is 0.383 e. The molecule has 128 valence electrons. The van der Waals surface area contributed by atoms with Gasteiger partial charge in [0, 0.05) is 22.3 Å². The van der Waals surface area contributed by atoms with E-state index in [9.17, 15) is 44.6 Å². The highest BCUT2D eigenvalue weighted by molar-refractivity contribution is 5.53. The predicted molar refractivity (Wildman–Crippen MR) is 59.6 cm³/mol. The van der Waals surface area contributed by atoms with Gasteiger partial charge in [0.25, 0.3) is 0 Å². The molecule has 10 heteroatoms. The molecule has 0 saturated heterocycles. The zero-order chi connectivity index (χ0) is 18.1. The Labute approximate surface area is 126 Å². The molecule has 0 heterocycles. The van der Waals surface area contributed by atoms with Crippen LogP contribution in [-0.4, -0.2) is 5.11 Å². The number of hydrogen-bond acceptors (Lipinski definition) is 1. The lowest BCUT2D eigenvalue weighted by molar-refractivity contribution is 0.182. The van der Waals surface area contributed by atoms with Gasteiger partial charge in [0.2, 0.25) is 0 Å². The minimum atomic E-state index is -3.22. The van der Waals surface area contributed by atoms with Gasteiger partial charge in [-0.25, -0.2) is 39.5 Å². The van der Waals surface area contributed by atoms with Crippen LogP contribution >= 0.6 is 0 Å². The molecule has 0 saturated carbocycles. The predicted octanol–water partition coefficient (Wildman–Crippen LogP) is 4.25. The number of alkyl halides is 1. The first-order valence-corrected chi connectivity index (χ1v) is 6.14. The Hall–Kier alpha value is -2.23. The molecule has 2 aromatic carbocycles. The lowest BCUT2D eigenvalue weighted by Crippen LogP contribution is -2.25. The number of benzene rings is 2. The molecule has 0 aliphatic heterocycles. The summed E-state index contributed by atoms with van der Waals surface area (Å²) in [7, 11) is 0. The van der Waals surface area contributed by atoms with Gasteiger partial charge in [-0.2, -0.15) is 0 Å². The van der Waals surface area contributed by atoms with Crippen molar-refractivity contribution in [3.8, 4) is 0 Å². The molecule has 0 atom stereocenters. The van der Waals surface area contributed by atoms with Crippen molar-refractivity contribution in [1.29, 1.82) is 0 Å². The van der Waals surface area contributed by atoms with Crippen LogP contribution in [0.5, 0.6) is 0 Å². The van der Waals surface area contributed by atoms with Crippen LogP contribution in [0.2, 0.25) is 0 Å². The monoisotopic (exact) mass is 358 g/mol. The first-order chi connectivity index (χ1) is 11.1. The minimum Gasteiger partial charge on any atom is -0.383 e. The summed E-state index contributed by atoms with van der Waals surface area (Å²) < 4.78 is 122. The molecule has 1 aliphatic carbocycles. The van der Waals surface area contributed by atoms with Crippen molar-refractivity contribution in [3.63, 3.8) is 0 Å². The molecule has 2 aromatic rings. The van der Waals surface area contributed by atoms with Crippen LogP contribution in [0.25, 0.3) is 0 Å². The SMILES string of the molecule is OC1c2c(F)c(F)c(F)c(F)c2C(F)c2c(F)c(F)c(F)c(F)c21. The van der Waals surface area contributed by atoms with Crippen LogP contribution in [-0.2, 0) is 0 Å². The van der Waals surface area contributed by atoms with Gasteiger partial charge >= 0.3 is 0 Å². The van der Waals surface area contributed by atoms with Crippen molar-refractivity contribution >= 4 is 0 Å². The average Bonchev–Trinajstić information content (AvgIpc) is 2.55. The molecule has 1 N–H and O–H groups in total. The first-order valence-electron chi connectivity index (χ1n) is 6.14. The molecule has 0 amide bonds. The Morgan fingerprint density at radius 3 is 1.00 bits per heavy atom. The van der Waals surface area contributed by atoms with Crippen molar-refractivity contribution in [2.45, 2.75) is 12.3 Å². The fourth-order valence-corrected chi connectivity index (χ4v) is 2.65. The van der Waals surface area contributed by atoms with E-state index in [1.54, 1.807) is 0 Å². The van der Waals surface area contributed by atoms with Crippen LogP contribution in [0.1, 0.15) is 34.5 Å². The Balaban J connectivity index is 2.48. The molecule has 0 unspecified atom stereocenters. The zero-order valence-corrected chi connectivity index (χ0v) is 11.0. The van der Waals surface area contributed by atoms with E-state index in [0.717, 1.165) is 0 Å². The van der Waals surface area contributed by atoms with E-state index in [4.69, 9.17) is 0 Å².